The van der Waals surface area contributed by atoms with Gasteiger partial charge in [0.15, 0.2) is 11.5 Å². The van der Waals surface area contributed by atoms with Crippen LogP contribution in [0.2, 0.25) is 0 Å². The zero-order valence-corrected chi connectivity index (χ0v) is 15.4. The number of hydrogen-bond donors (Lipinski definition) is 2. The quantitative estimate of drug-likeness (QED) is 0.525. The summed E-state index contributed by atoms with van der Waals surface area (Å²) >= 11 is 5.98. The fourth-order valence-electron chi connectivity index (χ4n) is 2.37. The second-order valence-corrected chi connectivity index (χ2v) is 6.76. The molecule has 0 aromatic heterocycles. The van der Waals surface area contributed by atoms with Gasteiger partial charge in [0.2, 0.25) is 0 Å². The summed E-state index contributed by atoms with van der Waals surface area (Å²) in [7, 11) is 2.93. The molecule has 1 saturated heterocycles. The van der Waals surface area contributed by atoms with Crippen molar-refractivity contribution in [2.24, 2.45) is 0 Å². The van der Waals surface area contributed by atoms with E-state index < -0.39 is 30.3 Å². The summed E-state index contributed by atoms with van der Waals surface area (Å²) in [5.74, 6) is -2.58. The van der Waals surface area contributed by atoms with Gasteiger partial charge in [-0.15, -0.1) is 0 Å². The Morgan fingerprint density at radius 3 is 2.54 bits per heavy atom. The first-order valence-corrected chi connectivity index (χ1v) is 8.45. The molecule has 1 fully saturated rings. The van der Waals surface area contributed by atoms with Crippen LogP contribution in [0.15, 0.2) is 23.1 Å². The minimum Gasteiger partial charge on any atom is -0.493 e. The van der Waals surface area contributed by atoms with E-state index in [2.05, 4.69) is 0 Å². The van der Waals surface area contributed by atoms with Crippen LogP contribution in [0.4, 0.5) is 0 Å². The Morgan fingerprint density at radius 1 is 1.31 bits per heavy atom. The normalized spacial score (nSPS) is 16.7. The number of carbonyl (C=O) groups is 3. The molecule has 26 heavy (non-hydrogen) atoms. The third-order valence-electron chi connectivity index (χ3n) is 3.51. The summed E-state index contributed by atoms with van der Waals surface area (Å²) in [6.07, 6.45) is 0.748. The van der Waals surface area contributed by atoms with Gasteiger partial charge in [-0.2, -0.15) is 0 Å². The Balaban J connectivity index is 2.41. The fraction of sp³-hybridized carbons (Fsp3) is 0.250. The summed E-state index contributed by atoms with van der Waals surface area (Å²) < 4.78 is 10.5. The van der Waals surface area contributed by atoms with E-state index in [0.29, 0.717) is 17.1 Å². The van der Waals surface area contributed by atoms with Gasteiger partial charge in [-0.3, -0.25) is 14.5 Å². The molecule has 1 aliphatic heterocycles. The molecule has 2 rings (SSSR count). The molecule has 2 N–H and O–H groups in total. The number of carboxylic acids is 2. The first-order valence-electron chi connectivity index (χ1n) is 7.22. The van der Waals surface area contributed by atoms with Gasteiger partial charge in [0.05, 0.1) is 25.5 Å². The first kappa shape index (κ1) is 19.7. The number of rotatable bonds is 7. The predicted molar refractivity (Wildman–Crippen MR) is 98.2 cm³/mol. The number of para-hydroxylation sites is 1. The third kappa shape index (κ3) is 3.97. The van der Waals surface area contributed by atoms with Crippen LogP contribution < -0.4 is 9.47 Å². The van der Waals surface area contributed by atoms with Crippen molar-refractivity contribution in [2.75, 3.05) is 14.2 Å². The third-order valence-corrected chi connectivity index (χ3v) is 4.84. The van der Waals surface area contributed by atoms with Crippen molar-refractivity contribution in [1.82, 2.24) is 4.90 Å². The largest absolute Gasteiger partial charge is 0.493 e. The van der Waals surface area contributed by atoms with E-state index in [-0.39, 0.29) is 9.23 Å². The summed E-state index contributed by atoms with van der Waals surface area (Å²) in [6.45, 7) is 0. The Kier molecular flexibility index (Phi) is 6.22. The molecular weight excluding hydrogens is 382 g/mol. The number of hydrogen-bond acceptors (Lipinski definition) is 7. The number of thioether (sulfide) groups is 1. The Hall–Kier alpha value is -2.59. The highest BCUT2D eigenvalue weighted by molar-refractivity contribution is 8.26. The Bertz CT molecular complexity index is 806. The van der Waals surface area contributed by atoms with E-state index in [4.69, 9.17) is 26.8 Å². The van der Waals surface area contributed by atoms with Crippen LogP contribution in [0.1, 0.15) is 12.0 Å². The molecule has 0 spiro atoms. The molecule has 1 heterocycles. The lowest BCUT2D eigenvalue weighted by Crippen LogP contribution is -2.45. The van der Waals surface area contributed by atoms with Crippen LogP contribution >= 0.6 is 24.0 Å². The molecule has 0 bridgehead atoms. The number of benzene rings is 1. The zero-order valence-electron chi connectivity index (χ0n) is 13.8. The highest BCUT2D eigenvalue weighted by Gasteiger charge is 2.41. The van der Waals surface area contributed by atoms with Crippen molar-refractivity contribution >= 4 is 52.2 Å². The molecule has 138 valence electrons. The number of thiocarbonyl (C=S) groups is 1. The maximum Gasteiger partial charge on any atom is 0.327 e. The van der Waals surface area contributed by atoms with E-state index >= 15 is 0 Å². The standard InChI is InChI=1S/C16H15NO7S2/c1-23-10-5-3-4-8(13(10)24-2)6-11-14(20)17(16(25)26-11)9(15(21)22)7-12(18)19/h3-6,9H,7H2,1-2H3,(H,18,19)(H,21,22)/b11-6+/t9-/m0/s1. The van der Waals surface area contributed by atoms with Gasteiger partial charge in [-0.25, -0.2) is 4.79 Å². The van der Waals surface area contributed by atoms with Crippen LogP contribution in [0.25, 0.3) is 6.08 Å². The van der Waals surface area contributed by atoms with E-state index in [9.17, 15) is 19.5 Å². The second-order valence-electron chi connectivity index (χ2n) is 5.09. The van der Waals surface area contributed by atoms with E-state index in [1.54, 1.807) is 18.2 Å². The SMILES string of the molecule is COc1cccc(/C=C2/SC(=S)N([C@@H](CC(=O)O)C(=O)O)C2=O)c1OC. The number of amides is 1. The molecule has 0 radical (unpaired) electrons. The van der Waals surface area contributed by atoms with Crippen molar-refractivity contribution in [3.63, 3.8) is 0 Å². The average molecular weight is 397 g/mol. The molecule has 10 heteroatoms. The number of carbonyl (C=O) groups excluding carboxylic acids is 1. The first-order chi connectivity index (χ1) is 12.3. The smallest absolute Gasteiger partial charge is 0.327 e. The molecule has 1 amide bonds. The minimum absolute atomic E-state index is 0.0169. The van der Waals surface area contributed by atoms with Gasteiger partial charge in [-0.05, 0) is 12.1 Å². The summed E-state index contributed by atoms with van der Waals surface area (Å²) in [6, 6.07) is 3.52. The molecule has 0 saturated carbocycles. The minimum atomic E-state index is -1.57. The van der Waals surface area contributed by atoms with Crippen molar-refractivity contribution in [1.29, 1.82) is 0 Å². The van der Waals surface area contributed by atoms with Gasteiger partial charge in [0, 0.05) is 5.56 Å². The van der Waals surface area contributed by atoms with Crippen molar-refractivity contribution in [2.45, 2.75) is 12.5 Å². The van der Waals surface area contributed by atoms with Gasteiger partial charge in [0.1, 0.15) is 10.4 Å². The number of nitrogens with zero attached hydrogens (tertiary/aromatic N) is 1. The Labute approximate surface area is 158 Å². The highest BCUT2D eigenvalue weighted by atomic mass is 32.2. The molecule has 1 atom stereocenters. The van der Waals surface area contributed by atoms with Gasteiger partial charge < -0.3 is 19.7 Å². The van der Waals surface area contributed by atoms with Crippen molar-refractivity contribution in [3.8, 4) is 11.5 Å². The lowest BCUT2D eigenvalue weighted by Gasteiger charge is -2.21. The topological polar surface area (TPSA) is 113 Å². The maximum atomic E-state index is 12.6. The van der Waals surface area contributed by atoms with Crippen LogP contribution in [0, 0.1) is 0 Å². The molecular formula is C16H15NO7S2. The van der Waals surface area contributed by atoms with Gasteiger partial charge >= 0.3 is 11.9 Å². The fourth-order valence-corrected chi connectivity index (χ4v) is 3.72. The van der Waals surface area contributed by atoms with Gasteiger partial charge in [0.25, 0.3) is 5.91 Å². The number of carboxylic acid groups (broad SMARTS) is 2. The lowest BCUT2D eigenvalue weighted by molar-refractivity contribution is -0.150. The van der Waals surface area contributed by atoms with E-state index in [1.807, 2.05) is 0 Å². The zero-order chi connectivity index (χ0) is 19.4. The highest BCUT2D eigenvalue weighted by Crippen LogP contribution is 2.38. The molecule has 8 nitrogen and oxygen atoms in total. The summed E-state index contributed by atoms with van der Waals surface area (Å²) in [5, 5.41) is 18.2. The van der Waals surface area contributed by atoms with Crippen LogP contribution in [-0.2, 0) is 14.4 Å². The molecule has 1 aromatic rings. The lowest BCUT2D eigenvalue weighted by atomic mass is 10.1. The maximum absolute atomic E-state index is 12.6. The summed E-state index contributed by atoms with van der Waals surface area (Å²) in [5.41, 5.74) is 0.539. The molecule has 1 aromatic carbocycles. The monoisotopic (exact) mass is 397 g/mol. The number of ether oxygens (including phenoxy) is 2. The van der Waals surface area contributed by atoms with Crippen molar-refractivity contribution in [3.05, 3.63) is 28.7 Å². The van der Waals surface area contributed by atoms with Crippen LogP contribution in [0.3, 0.4) is 0 Å². The predicted octanol–water partition coefficient (Wildman–Crippen LogP) is 1.83. The Morgan fingerprint density at radius 2 is 2.00 bits per heavy atom. The molecule has 0 unspecified atom stereocenters. The summed E-state index contributed by atoms with van der Waals surface area (Å²) in [4.78, 5) is 35.9. The molecule has 1 aliphatic rings. The van der Waals surface area contributed by atoms with E-state index in [1.165, 1.54) is 20.3 Å². The molecule has 0 aliphatic carbocycles. The van der Waals surface area contributed by atoms with Gasteiger partial charge in [-0.1, -0.05) is 36.1 Å². The number of methoxy groups -OCH3 is 2. The van der Waals surface area contributed by atoms with E-state index in [0.717, 1.165) is 16.7 Å². The van der Waals surface area contributed by atoms with Crippen LogP contribution in [-0.4, -0.2) is 57.5 Å². The van der Waals surface area contributed by atoms with Crippen LogP contribution in [0.5, 0.6) is 11.5 Å². The number of aliphatic carboxylic acids is 2. The van der Waals surface area contributed by atoms with Crippen molar-refractivity contribution < 1.29 is 34.1 Å². The second kappa shape index (κ2) is 8.19. The average Bonchev–Trinajstić information content (AvgIpc) is 2.85.